The van der Waals surface area contributed by atoms with Gasteiger partial charge in [-0.15, -0.1) is 0 Å². The predicted octanol–water partition coefficient (Wildman–Crippen LogP) is 2.94. The van der Waals surface area contributed by atoms with Crippen molar-refractivity contribution in [1.29, 1.82) is 5.26 Å². The summed E-state index contributed by atoms with van der Waals surface area (Å²) < 4.78 is 0. The largest absolute Gasteiger partial charge is 0.365 e. The Labute approximate surface area is 124 Å². The fourth-order valence-corrected chi connectivity index (χ4v) is 2.17. The molecule has 0 aliphatic carbocycles. The summed E-state index contributed by atoms with van der Waals surface area (Å²) in [6, 6.07) is 16.9. The number of likely N-dealkylation sites (N-methyl/N-ethyl adjacent to an activating group) is 1. The topological polar surface area (TPSA) is 56.1 Å². The van der Waals surface area contributed by atoms with Gasteiger partial charge in [-0.05, 0) is 30.7 Å². The maximum Gasteiger partial charge on any atom is 0.243 e. The van der Waals surface area contributed by atoms with Crippen LogP contribution in [-0.2, 0) is 4.79 Å². The number of hydrogen-bond donors (Lipinski definition) is 1. The highest BCUT2D eigenvalue weighted by Crippen LogP contribution is 2.18. The van der Waals surface area contributed by atoms with Crippen molar-refractivity contribution in [3.8, 4) is 6.07 Å². The number of nitrogens with zero attached hydrogens (tertiary/aromatic N) is 2. The van der Waals surface area contributed by atoms with E-state index in [4.69, 9.17) is 5.26 Å². The standard InChI is InChI=1S/C17H17N3O/c1-13-7-3-6-10-16(13)20(2)12-17(21)19-15-9-5-4-8-14(15)11-18/h3-10H,12H2,1-2H3,(H,19,21). The third-order valence-corrected chi connectivity index (χ3v) is 3.23. The van der Waals surface area contributed by atoms with Gasteiger partial charge < -0.3 is 10.2 Å². The molecule has 0 fully saturated rings. The lowest BCUT2D eigenvalue weighted by Crippen LogP contribution is -2.30. The second-order valence-corrected chi connectivity index (χ2v) is 4.85. The Hall–Kier alpha value is -2.80. The van der Waals surface area contributed by atoms with Crippen molar-refractivity contribution in [2.75, 3.05) is 23.8 Å². The fourth-order valence-electron chi connectivity index (χ4n) is 2.17. The SMILES string of the molecule is Cc1ccccc1N(C)CC(=O)Nc1ccccc1C#N. The number of aryl methyl sites for hydroxylation is 1. The van der Waals surface area contributed by atoms with Gasteiger partial charge in [0.2, 0.25) is 5.91 Å². The van der Waals surface area contributed by atoms with Gasteiger partial charge in [0.25, 0.3) is 0 Å². The molecule has 1 N–H and O–H groups in total. The van der Waals surface area contributed by atoms with Crippen LogP contribution in [0.1, 0.15) is 11.1 Å². The predicted molar refractivity (Wildman–Crippen MR) is 84.2 cm³/mol. The van der Waals surface area contributed by atoms with E-state index in [2.05, 4.69) is 11.4 Å². The molecule has 0 radical (unpaired) electrons. The molecule has 2 aromatic carbocycles. The van der Waals surface area contributed by atoms with Crippen LogP contribution < -0.4 is 10.2 Å². The number of nitriles is 1. The van der Waals surface area contributed by atoms with Crippen LogP contribution >= 0.6 is 0 Å². The zero-order valence-electron chi connectivity index (χ0n) is 12.1. The summed E-state index contributed by atoms with van der Waals surface area (Å²) in [6.07, 6.45) is 0. The Bertz CT molecular complexity index is 688. The van der Waals surface area contributed by atoms with Crippen molar-refractivity contribution in [2.45, 2.75) is 6.92 Å². The molecule has 0 aromatic heterocycles. The Morgan fingerprint density at radius 2 is 1.86 bits per heavy atom. The average Bonchev–Trinajstić information content (AvgIpc) is 2.48. The van der Waals surface area contributed by atoms with E-state index in [1.54, 1.807) is 24.3 Å². The molecule has 106 valence electrons. The number of carbonyl (C=O) groups excluding carboxylic acids is 1. The van der Waals surface area contributed by atoms with Crippen LogP contribution in [0.25, 0.3) is 0 Å². The minimum absolute atomic E-state index is 0.150. The lowest BCUT2D eigenvalue weighted by atomic mass is 10.2. The maximum atomic E-state index is 12.1. The molecule has 0 bridgehead atoms. The van der Waals surface area contributed by atoms with E-state index in [1.165, 1.54) is 0 Å². The Morgan fingerprint density at radius 3 is 2.57 bits per heavy atom. The highest BCUT2D eigenvalue weighted by molar-refractivity contribution is 5.95. The first kappa shape index (κ1) is 14.6. The van der Waals surface area contributed by atoms with Crippen molar-refractivity contribution in [3.05, 3.63) is 59.7 Å². The first-order valence-corrected chi connectivity index (χ1v) is 6.67. The van der Waals surface area contributed by atoms with Crippen LogP contribution in [0.3, 0.4) is 0 Å². The number of rotatable bonds is 4. The molecular weight excluding hydrogens is 262 g/mol. The molecule has 0 heterocycles. The van der Waals surface area contributed by atoms with Crippen molar-refractivity contribution in [3.63, 3.8) is 0 Å². The molecule has 0 atom stereocenters. The molecular formula is C17H17N3O. The normalized spacial score (nSPS) is 9.76. The van der Waals surface area contributed by atoms with Crippen LogP contribution in [-0.4, -0.2) is 19.5 Å². The molecule has 21 heavy (non-hydrogen) atoms. The molecule has 1 amide bonds. The zero-order valence-corrected chi connectivity index (χ0v) is 12.1. The molecule has 0 aliphatic rings. The van der Waals surface area contributed by atoms with Crippen LogP contribution in [0, 0.1) is 18.3 Å². The van der Waals surface area contributed by atoms with Crippen LogP contribution in [0.2, 0.25) is 0 Å². The molecule has 0 saturated carbocycles. The van der Waals surface area contributed by atoms with E-state index in [-0.39, 0.29) is 12.5 Å². The molecule has 2 aromatic rings. The first-order valence-electron chi connectivity index (χ1n) is 6.67. The maximum absolute atomic E-state index is 12.1. The second kappa shape index (κ2) is 6.58. The Balaban J connectivity index is 2.06. The van der Waals surface area contributed by atoms with Gasteiger partial charge in [-0.2, -0.15) is 5.26 Å². The monoisotopic (exact) mass is 279 g/mol. The van der Waals surface area contributed by atoms with Crippen molar-refractivity contribution in [1.82, 2.24) is 0 Å². The molecule has 0 aliphatic heterocycles. The van der Waals surface area contributed by atoms with E-state index in [9.17, 15) is 4.79 Å². The van der Waals surface area contributed by atoms with Gasteiger partial charge in [0.15, 0.2) is 0 Å². The van der Waals surface area contributed by atoms with E-state index in [0.717, 1.165) is 11.3 Å². The van der Waals surface area contributed by atoms with Gasteiger partial charge in [-0.25, -0.2) is 0 Å². The average molecular weight is 279 g/mol. The van der Waals surface area contributed by atoms with Gasteiger partial charge in [-0.1, -0.05) is 30.3 Å². The van der Waals surface area contributed by atoms with Crippen molar-refractivity contribution < 1.29 is 4.79 Å². The van der Waals surface area contributed by atoms with Gasteiger partial charge >= 0.3 is 0 Å². The second-order valence-electron chi connectivity index (χ2n) is 4.85. The first-order chi connectivity index (χ1) is 10.1. The highest BCUT2D eigenvalue weighted by atomic mass is 16.2. The molecule has 2 rings (SSSR count). The molecule has 0 unspecified atom stereocenters. The fraction of sp³-hybridized carbons (Fsp3) is 0.176. The molecule has 4 nitrogen and oxygen atoms in total. The van der Waals surface area contributed by atoms with Crippen molar-refractivity contribution in [2.24, 2.45) is 0 Å². The molecule has 0 saturated heterocycles. The van der Waals surface area contributed by atoms with Crippen LogP contribution in [0.5, 0.6) is 0 Å². The van der Waals surface area contributed by atoms with E-state index < -0.39 is 0 Å². The van der Waals surface area contributed by atoms with E-state index >= 15 is 0 Å². The summed E-state index contributed by atoms with van der Waals surface area (Å²) in [5.41, 5.74) is 3.14. The minimum atomic E-state index is -0.150. The summed E-state index contributed by atoms with van der Waals surface area (Å²) in [5.74, 6) is -0.150. The Morgan fingerprint density at radius 1 is 1.19 bits per heavy atom. The quantitative estimate of drug-likeness (QED) is 0.936. The smallest absolute Gasteiger partial charge is 0.243 e. The third kappa shape index (κ3) is 3.61. The summed E-state index contributed by atoms with van der Waals surface area (Å²) in [7, 11) is 1.87. The molecule has 0 spiro atoms. The number of hydrogen-bond acceptors (Lipinski definition) is 3. The molecule has 4 heteroatoms. The summed E-state index contributed by atoms with van der Waals surface area (Å²) in [4.78, 5) is 14.0. The van der Waals surface area contributed by atoms with E-state index in [0.29, 0.717) is 11.3 Å². The summed E-state index contributed by atoms with van der Waals surface area (Å²) in [5, 5.41) is 11.8. The van der Waals surface area contributed by atoms with E-state index in [1.807, 2.05) is 43.1 Å². The number of carbonyl (C=O) groups is 1. The van der Waals surface area contributed by atoms with Gasteiger partial charge in [0.1, 0.15) is 6.07 Å². The van der Waals surface area contributed by atoms with Crippen LogP contribution in [0.15, 0.2) is 48.5 Å². The number of amides is 1. The van der Waals surface area contributed by atoms with Gasteiger partial charge in [0, 0.05) is 12.7 Å². The number of para-hydroxylation sites is 2. The van der Waals surface area contributed by atoms with Crippen LogP contribution in [0.4, 0.5) is 11.4 Å². The number of nitrogens with one attached hydrogen (secondary N) is 1. The highest BCUT2D eigenvalue weighted by Gasteiger charge is 2.11. The summed E-state index contributed by atoms with van der Waals surface area (Å²) in [6.45, 7) is 2.24. The van der Waals surface area contributed by atoms with Gasteiger partial charge in [0.05, 0.1) is 17.8 Å². The van der Waals surface area contributed by atoms with Crippen molar-refractivity contribution >= 4 is 17.3 Å². The zero-order chi connectivity index (χ0) is 15.2. The third-order valence-electron chi connectivity index (χ3n) is 3.23. The number of benzene rings is 2. The summed E-state index contributed by atoms with van der Waals surface area (Å²) >= 11 is 0. The Kier molecular flexibility index (Phi) is 4.57. The van der Waals surface area contributed by atoms with Gasteiger partial charge in [-0.3, -0.25) is 4.79 Å². The number of anilines is 2. The lowest BCUT2D eigenvalue weighted by molar-refractivity contribution is -0.114. The lowest BCUT2D eigenvalue weighted by Gasteiger charge is -2.20. The minimum Gasteiger partial charge on any atom is -0.365 e.